The van der Waals surface area contributed by atoms with Crippen molar-refractivity contribution < 1.29 is 14.3 Å². The van der Waals surface area contributed by atoms with E-state index in [4.69, 9.17) is 27.9 Å². The van der Waals surface area contributed by atoms with Crippen LogP contribution in [0.3, 0.4) is 0 Å². The quantitative estimate of drug-likeness (QED) is 0.561. The Morgan fingerprint density at radius 1 is 1.21 bits per heavy atom. The summed E-state index contributed by atoms with van der Waals surface area (Å²) >= 11 is 16.0. The minimum absolute atomic E-state index is 0.0885. The summed E-state index contributed by atoms with van der Waals surface area (Å²) in [7, 11) is 1.52. The molecule has 0 saturated carbocycles. The van der Waals surface area contributed by atoms with Gasteiger partial charge in [0.1, 0.15) is 11.8 Å². The predicted molar refractivity (Wildman–Crippen MR) is 120 cm³/mol. The second-order valence-electron chi connectivity index (χ2n) is 6.42. The van der Waals surface area contributed by atoms with Gasteiger partial charge < -0.3 is 15.0 Å². The number of hydrogen-bond acceptors (Lipinski definition) is 3. The van der Waals surface area contributed by atoms with E-state index in [1.165, 1.54) is 11.9 Å². The summed E-state index contributed by atoms with van der Waals surface area (Å²) in [5, 5.41) is 3.42. The molecule has 0 bridgehead atoms. The molecule has 2 rings (SSSR count). The molecule has 0 aliphatic rings. The van der Waals surface area contributed by atoms with Gasteiger partial charge in [0.2, 0.25) is 5.91 Å². The van der Waals surface area contributed by atoms with E-state index in [-0.39, 0.29) is 25.0 Å². The maximum absolute atomic E-state index is 13.0. The molecule has 0 unspecified atom stereocenters. The highest BCUT2D eigenvalue weighted by atomic mass is 79.9. The topological polar surface area (TPSA) is 58.6 Å². The lowest BCUT2D eigenvalue weighted by atomic mass is 10.1. The number of aryl methyl sites for hydroxylation is 1. The number of ether oxygens (including phenoxy) is 1. The van der Waals surface area contributed by atoms with Crippen molar-refractivity contribution in [1.82, 2.24) is 10.2 Å². The van der Waals surface area contributed by atoms with Gasteiger partial charge in [-0.25, -0.2) is 0 Å². The molecule has 0 fully saturated rings. The van der Waals surface area contributed by atoms with Crippen LogP contribution in [0.4, 0.5) is 0 Å². The third kappa shape index (κ3) is 6.11. The van der Waals surface area contributed by atoms with Crippen molar-refractivity contribution >= 4 is 50.9 Å². The molecule has 0 saturated heterocycles. The third-order valence-corrected chi connectivity index (χ3v) is 5.89. The highest BCUT2D eigenvalue weighted by Gasteiger charge is 2.27. The lowest BCUT2D eigenvalue weighted by molar-refractivity contribution is -0.142. The van der Waals surface area contributed by atoms with Crippen molar-refractivity contribution in [2.24, 2.45) is 0 Å². The van der Waals surface area contributed by atoms with Crippen LogP contribution in [0.25, 0.3) is 0 Å². The number of rotatable bonds is 8. The maximum Gasteiger partial charge on any atom is 0.261 e. The fraction of sp³-hybridized carbons (Fsp3) is 0.333. The molecule has 0 heterocycles. The molecule has 156 valence electrons. The molecule has 2 amide bonds. The van der Waals surface area contributed by atoms with E-state index in [9.17, 15) is 9.59 Å². The Bertz CT molecular complexity index is 872. The van der Waals surface area contributed by atoms with Gasteiger partial charge in [-0.05, 0) is 59.1 Å². The van der Waals surface area contributed by atoms with E-state index in [2.05, 4.69) is 28.2 Å². The first-order valence-electron chi connectivity index (χ1n) is 9.13. The van der Waals surface area contributed by atoms with Gasteiger partial charge in [0.25, 0.3) is 5.91 Å². The van der Waals surface area contributed by atoms with Gasteiger partial charge in [0.15, 0.2) is 6.61 Å². The zero-order valence-corrected chi connectivity index (χ0v) is 19.6. The smallest absolute Gasteiger partial charge is 0.261 e. The van der Waals surface area contributed by atoms with Crippen LogP contribution in [0.2, 0.25) is 10.0 Å². The summed E-state index contributed by atoms with van der Waals surface area (Å²) in [6, 6.07) is 10.1. The molecule has 1 atom stereocenters. The van der Waals surface area contributed by atoms with Crippen molar-refractivity contribution in [3.8, 4) is 5.75 Å². The Morgan fingerprint density at radius 2 is 1.86 bits per heavy atom. The first-order chi connectivity index (χ1) is 13.8. The van der Waals surface area contributed by atoms with Gasteiger partial charge in [0, 0.05) is 29.2 Å². The van der Waals surface area contributed by atoms with Gasteiger partial charge in [-0.2, -0.15) is 0 Å². The highest BCUT2D eigenvalue weighted by Crippen LogP contribution is 2.28. The number of carbonyl (C=O) groups is 2. The van der Waals surface area contributed by atoms with Crippen molar-refractivity contribution in [3.05, 3.63) is 62.0 Å². The van der Waals surface area contributed by atoms with E-state index < -0.39 is 6.04 Å². The Balaban J connectivity index is 2.21. The zero-order chi connectivity index (χ0) is 21.6. The van der Waals surface area contributed by atoms with Crippen LogP contribution in [-0.2, 0) is 22.6 Å². The van der Waals surface area contributed by atoms with Crippen LogP contribution in [0.15, 0.2) is 40.9 Å². The fourth-order valence-corrected chi connectivity index (χ4v) is 3.81. The van der Waals surface area contributed by atoms with E-state index in [1.807, 2.05) is 18.2 Å². The van der Waals surface area contributed by atoms with Crippen LogP contribution in [-0.4, -0.2) is 36.4 Å². The van der Waals surface area contributed by atoms with Gasteiger partial charge in [-0.1, -0.05) is 42.3 Å². The number of amides is 2. The summed E-state index contributed by atoms with van der Waals surface area (Å²) in [6.45, 7) is 3.57. The largest absolute Gasteiger partial charge is 0.483 e. The van der Waals surface area contributed by atoms with Crippen LogP contribution >= 0.6 is 39.1 Å². The molecular weight excluding hydrogens is 479 g/mol. The van der Waals surface area contributed by atoms with Gasteiger partial charge in [-0.3, -0.25) is 9.59 Å². The Kier molecular flexibility index (Phi) is 8.80. The molecule has 5 nitrogen and oxygen atoms in total. The van der Waals surface area contributed by atoms with Crippen molar-refractivity contribution in [1.29, 1.82) is 0 Å². The second-order valence-corrected chi connectivity index (χ2v) is 8.09. The lowest BCUT2D eigenvalue weighted by Gasteiger charge is -2.29. The number of likely N-dealkylation sites (N-methyl/N-ethyl adjacent to an activating group) is 1. The summed E-state index contributed by atoms with van der Waals surface area (Å²) in [5.41, 5.74) is 1.73. The highest BCUT2D eigenvalue weighted by molar-refractivity contribution is 9.10. The Labute approximate surface area is 189 Å². The van der Waals surface area contributed by atoms with Gasteiger partial charge in [0.05, 0.1) is 4.47 Å². The zero-order valence-electron chi connectivity index (χ0n) is 16.5. The van der Waals surface area contributed by atoms with Crippen molar-refractivity contribution in [2.75, 3.05) is 13.7 Å². The molecule has 0 aliphatic heterocycles. The molecule has 2 aromatic rings. The van der Waals surface area contributed by atoms with E-state index in [0.29, 0.717) is 21.4 Å². The summed E-state index contributed by atoms with van der Waals surface area (Å²) in [5.74, 6) is -0.0996. The van der Waals surface area contributed by atoms with Crippen molar-refractivity contribution in [2.45, 2.75) is 32.9 Å². The number of benzene rings is 2. The number of hydrogen-bond donors (Lipinski definition) is 1. The molecular formula is C21H23BrCl2N2O3. The SMILES string of the molecule is CCc1ccc(OCC(=O)N(Cc2c(Cl)cccc2Cl)[C@@H](C)C(=O)NC)c(Br)c1. The van der Waals surface area contributed by atoms with Gasteiger partial charge >= 0.3 is 0 Å². The second kappa shape index (κ2) is 10.9. The molecule has 2 aromatic carbocycles. The first kappa shape index (κ1) is 23.5. The molecule has 0 aliphatic carbocycles. The average molecular weight is 502 g/mol. The van der Waals surface area contributed by atoms with E-state index in [1.54, 1.807) is 25.1 Å². The summed E-state index contributed by atoms with van der Waals surface area (Å²) in [6.07, 6.45) is 0.897. The Hall–Kier alpha value is -1.76. The number of carbonyl (C=O) groups excluding carboxylic acids is 2. The van der Waals surface area contributed by atoms with Crippen LogP contribution in [0.5, 0.6) is 5.75 Å². The lowest BCUT2D eigenvalue weighted by Crippen LogP contribution is -2.48. The third-order valence-electron chi connectivity index (χ3n) is 4.56. The van der Waals surface area contributed by atoms with Crippen LogP contribution in [0, 0.1) is 0 Å². The monoisotopic (exact) mass is 500 g/mol. The van der Waals surface area contributed by atoms with E-state index >= 15 is 0 Å². The summed E-state index contributed by atoms with van der Waals surface area (Å²) in [4.78, 5) is 26.6. The minimum atomic E-state index is -0.727. The normalized spacial score (nSPS) is 11.7. The molecule has 29 heavy (non-hydrogen) atoms. The van der Waals surface area contributed by atoms with Crippen molar-refractivity contribution in [3.63, 3.8) is 0 Å². The summed E-state index contributed by atoms with van der Waals surface area (Å²) < 4.78 is 6.47. The number of nitrogens with zero attached hydrogens (tertiary/aromatic N) is 1. The molecule has 0 radical (unpaired) electrons. The molecule has 0 aromatic heterocycles. The van der Waals surface area contributed by atoms with Gasteiger partial charge in [-0.15, -0.1) is 0 Å². The van der Waals surface area contributed by atoms with E-state index in [0.717, 1.165) is 16.5 Å². The molecule has 1 N–H and O–H groups in total. The molecule has 0 spiro atoms. The Morgan fingerprint density at radius 3 is 2.41 bits per heavy atom. The standard InChI is InChI=1S/C21H23BrCl2N2O3/c1-4-14-8-9-19(16(22)10-14)29-12-20(27)26(13(2)21(28)25-3)11-15-17(23)6-5-7-18(15)24/h5-10,13H,4,11-12H2,1-3H3,(H,25,28)/t13-/m0/s1. The number of halogens is 3. The van der Waals surface area contributed by atoms with Crippen LogP contribution in [0.1, 0.15) is 25.0 Å². The number of nitrogens with one attached hydrogen (secondary N) is 1. The maximum atomic E-state index is 13.0. The minimum Gasteiger partial charge on any atom is -0.483 e. The first-order valence-corrected chi connectivity index (χ1v) is 10.7. The molecule has 8 heteroatoms. The fourth-order valence-electron chi connectivity index (χ4n) is 2.75. The van der Waals surface area contributed by atoms with Crippen LogP contribution < -0.4 is 10.1 Å². The average Bonchev–Trinajstić information content (AvgIpc) is 2.71. The predicted octanol–water partition coefficient (Wildman–Crippen LogP) is 4.86.